The minimum absolute atomic E-state index is 0.691. The maximum atomic E-state index is 5.55. The van der Waals surface area contributed by atoms with Crippen LogP contribution in [0.5, 0.6) is 0 Å². The Kier molecular flexibility index (Phi) is 7.63. The fraction of sp³-hybridized carbons (Fsp3) is 0.846. The van der Waals surface area contributed by atoms with Crippen molar-refractivity contribution in [2.75, 3.05) is 6.54 Å². The summed E-state index contributed by atoms with van der Waals surface area (Å²) in [5.74, 6) is 1.50. The van der Waals surface area contributed by atoms with Gasteiger partial charge in [-0.3, -0.25) is 0 Å². The van der Waals surface area contributed by atoms with Crippen LogP contribution >= 0.6 is 0 Å². The van der Waals surface area contributed by atoms with Gasteiger partial charge in [0.2, 0.25) is 11.8 Å². The van der Waals surface area contributed by atoms with Gasteiger partial charge in [0.25, 0.3) is 0 Å². The molecule has 1 aromatic rings. The third-order valence-corrected chi connectivity index (χ3v) is 2.71. The number of rotatable bonds is 10. The van der Waals surface area contributed by atoms with E-state index in [1.165, 1.54) is 25.7 Å². The van der Waals surface area contributed by atoms with E-state index in [0.29, 0.717) is 12.4 Å². The molecule has 0 unspecified atom stereocenters. The quantitative estimate of drug-likeness (QED) is 0.637. The molecule has 1 N–H and O–H groups in total. The van der Waals surface area contributed by atoms with Gasteiger partial charge in [-0.15, -0.1) is 10.2 Å². The summed E-state index contributed by atoms with van der Waals surface area (Å²) < 4.78 is 5.55. The van der Waals surface area contributed by atoms with E-state index >= 15 is 0 Å². The zero-order chi connectivity index (χ0) is 12.3. The highest BCUT2D eigenvalue weighted by Crippen LogP contribution is 2.08. The maximum absolute atomic E-state index is 5.55. The average Bonchev–Trinajstić information content (AvgIpc) is 2.77. The molecule has 0 aliphatic rings. The second kappa shape index (κ2) is 9.16. The van der Waals surface area contributed by atoms with Crippen molar-refractivity contribution >= 4 is 0 Å². The number of hydrogen-bond donors (Lipinski definition) is 1. The first-order chi connectivity index (χ1) is 8.36. The molecule has 0 bridgehead atoms. The highest BCUT2D eigenvalue weighted by molar-refractivity contribution is 4.81. The van der Waals surface area contributed by atoms with Crippen LogP contribution in [-0.4, -0.2) is 16.7 Å². The molecule has 4 nitrogen and oxygen atoms in total. The Morgan fingerprint density at radius 2 is 1.71 bits per heavy atom. The van der Waals surface area contributed by atoms with Gasteiger partial charge in [0, 0.05) is 6.42 Å². The third kappa shape index (κ3) is 6.41. The number of unbranched alkanes of at least 4 members (excludes halogenated alkanes) is 4. The molecule has 0 aliphatic heterocycles. The number of aryl methyl sites for hydroxylation is 1. The van der Waals surface area contributed by atoms with Crippen molar-refractivity contribution in [3.63, 3.8) is 0 Å². The number of hydrogen-bond acceptors (Lipinski definition) is 4. The molecular formula is C13H25N3O. The van der Waals surface area contributed by atoms with Crippen LogP contribution < -0.4 is 5.32 Å². The summed E-state index contributed by atoms with van der Waals surface area (Å²) in [4.78, 5) is 0. The molecule has 4 heteroatoms. The Balaban J connectivity index is 2.12. The predicted molar refractivity (Wildman–Crippen MR) is 68.8 cm³/mol. The van der Waals surface area contributed by atoms with Gasteiger partial charge >= 0.3 is 0 Å². The van der Waals surface area contributed by atoms with Crippen LogP contribution in [-0.2, 0) is 13.0 Å². The van der Waals surface area contributed by atoms with Gasteiger partial charge in [0.1, 0.15) is 0 Å². The van der Waals surface area contributed by atoms with Crippen LogP contribution in [0.15, 0.2) is 4.42 Å². The van der Waals surface area contributed by atoms with Gasteiger partial charge in [-0.1, -0.05) is 39.5 Å². The normalized spacial score (nSPS) is 10.9. The van der Waals surface area contributed by atoms with Crippen molar-refractivity contribution in [2.24, 2.45) is 0 Å². The minimum Gasteiger partial charge on any atom is -0.424 e. The monoisotopic (exact) mass is 239 g/mol. The summed E-state index contributed by atoms with van der Waals surface area (Å²) in [5, 5.41) is 11.3. The molecule has 0 aromatic carbocycles. The van der Waals surface area contributed by atoms with Gasteiger partial charge in [-0.2, -0.15) is 0 Å². The SMILES string of the molecule is CCCCCCCc1nnc(CNCCC)o1. The first kappa shape index (κ1) is 14.2. The zero-order valence-electron chi connectivity index (χ0n) is 11.2. The van der Waals surface area contributed by atoms with Crippen LogP contribution in [0.2, 0.25) is 0 Å². The van der Waals surface area contributed by atoms with Crippen LogP contribution in [0.3, 0.4) is 0 Å². The van der Waals surface area contributed by atoms with Crippen molar-refractivity contribution in [1.82, 2.24) is 15.5 Å². The second-order valence-corrected chi connectivity index (χ2v) is 4.43. The lowest BCUT2D eigenvalue weighted by atomic mass is 10.1. The fourth-order valence-electron chi connectivity index (χ4n) is 1.71. The predicted octanol–water partition coefficient (Wildman–Crippen LogP) is 3.08. The van der Waals surface area contributed by atoms with Crippen molar-refractivity contribution in [1.29, 1.82) is 0 Å². The molecule has 0 atom stereocenters. The third-order valence-electron chi connectivity index (χ3n) is 2.71. The highest BCUT2D eigenvalue weighted by atomic mass is 16.4. The molecule has 17 heavy (non-hydrogen) atoms. The van der Waals surface area contributed by atoms with E-state index < -0.39 is 0 Å². The largest absolute Gasteiger partial charge is 0.424 e. The molecule has 98 valence electrons. The highest BCUT2D eigenvalue weighted by Gasteiger charge is 2.04. The van der Waals surface area contributed by atoms with Crippen molar-refractivity contribution in [3.05, 3.63) is 11.8 Å². The van der Waals surface area contributed by atoms with E-state index in [9.17, 15) is 0 Å². The van der Waals surface area contributed by atoms with Gasteiger partial charge in [-0.05, 0) is 19.4 Å². The van der Waals surface area contributed by atoms with Crippen LogP contribution in [0, 0.1) is 0 Å². The molecule has 1 heterocycles. The Labute approximate surface area is 104 Å². The summed E-state index contributed by atoms with van der Waals surface area (Å²) in [6.07, 6.45) is 8.39. The fourth-order valence-corrected chi connectivity index (χ4v) is 1.71. The molecule has 0 fully saturated rings. The summed E-state index contributed by atoms with van der Waals surface area (Å²) in [6, 6.07) is 0. The zero-order valence-corrected chi connectivity index (χ0v) is 11.2. The van der Waals surface area contributed by atoms with E-state index in [-0.39, 0.29) is 0 Å². The molecule has 0 amide bonds. The number of nitrogens with zero attached hydrogens (tertiary/aromatic N) is 2. The molecule has 1 rings (SSSR count). The van der Waals surface area contributed by atoms with E-state index in [4.69, 9.17) is 4.42 Å². The second-order valence-electron chi connectivity index (χ2n) is 4.43. The van der Waals surface area contributed by atoms with E-state index in [1.807, 2.05) is 0 Å². The van der Waals surface area contributed by atoms with Gasteiger partial charge in [0.05, 0.1) is 6.54 Å². The van der Waals surface area contributed by atoms with Crippen molar-refractivity contribution < 1.29 is 4.42 Å². The molecule has 1 aromatic heterocycles. The first-order valence-corrected chi connectivity index (χ1v) is 6.88. The molecule has 0 aliphatic carbocycles. The lowest BCUT2D eigenvalue weighted by Crippen LogP contribution is -2.13. The molecule has 0 saturated carbocycles. The molecule has 0 radical (unpaired) electrons. The Hall–Kier alpha value is -0.900. The summed E-state index contributed by atoms with van der Waals surface area (Å²) in [7, 11) is 0. The Bertz CT molecular complexity index is 286. The smallest absolute Gasteiger partial charge is 0.230 e. The van der Waals surface area contributed by atoms with Crippen LogP contribution in [0.25, 0.3) is 0 Å². The summed E-state index contributed by atoms with van der Waals surface area (Å²) >= 11 is 0. The van der Waals surface area contributed by atoms with E-state index in [2.05, 4.69) is 29.4 Å². The Morgan fingerprint density at radius 1 is 0.941 bits per heavy atom. The van der Waals surface area contributed by atoms with E-state index in [0.717, 1.165) is 31.7 Å². The number of aromatic nitrogens is 2. The maximum Gasteiger partial charge on any atom is 0.230 e. The standard InChI is InChI=1S/C13H25N3O/c1-3-5-6-7-8-9-12-15-16-13(17-12)11-14-10-4-2/h14H,3-11H2,1-2H3. The molecule has 0 saturated heterocycles. The summed E-state index contributed by atoms with van der Waals surface area (Å²) in [5.41, 5.74) is 0. The lowest BCUT2D eigenvalue weighted by Gasteiger charge is -1.97. The minimum atomic E-state index is 0.691. The topological polar surface area (TPSA) is 51.0 Å². The number of nitrogens with one attached hydrogen (secondary N) is 1. The van der Waals surface area contributed by atoms with Gasteiger partial charge in [0.15, 0.2) is 0 Å². The van der Waals surface area contributed by atoms with Crippen molar-refractivity contribution in [2.45, 2.75) is 65.3 Å². The first-order valence-electron chi connectivity index (χ1n) is 6.88. The van der Waals surface area contributed by atoms with E-state index in [1.54, 1.807) is 0 Å². The summed E-state index contributed by atoms with van der Waals surface area (Å²) in [6.45, 7) is 6.06. The van der Waals surface area contributed by atoms with Crippen LogP contribution in [0.4, 0.5) is 0 Å². The molecule has 0 spiro atoms. The van der Waals surface area contributed by atoms with Gasteiger partial charge in [-0.25, -0.2) is 0 Å². The van der Waals surface area contributed by atoms with Crippen molar-refractivity contribution in [3.8, 4) is 0 Å². The van der Waals surface area contributed by atoms with Gasteiger partial charge < -0.3 is 9.73 Å². The average molecular weight is 239 g/mol. The molecular weight excluding hydrogens is 214 g/mol. The van der Waals surface area contributed by atoms with Crippen LogP contribution in [0.1, 0.15) is 64.2 Å². The Morgan fingerprint density at radius 3 is 2.47 bits per heavy atom. The lowest BCUT2D eigenvalue weighted by molar-refractivity contribution is 0.425.